The minimum absolute atomic E-state index is 0.0578. The Bertz CT molecular complexity index is 833. The number of aromatic nitrogens is 1. The summed E-state index contributed by atoms with van der Waals surface area (Å²) in [5, 5.41) is 39.6. The van der Waals surface area contributed by atoms with Crippen LogP contribution in [0.1, 0.15) is 26.3 Å². The lowest BCUT2D eigenvalue weighted by Gasteiger charge is -2.10. The number of nitrogens with one attached hydrogen (secondary N) is 1. The fourth-order valence-corrected chi connectivity index (χ4v) is 1.97. The van der Waals surface area contributed by atoms with Crippen LogP contribution in [0.15, 0.2) is 30.6 Å². The largest absolute Gasteiger partial charge is 0.508 e. The topological polar surface area (TPSA) is 157 Å². The Hall–Kier alpha value is -3.62. The van der Waals surface area contributed by atoms with Crippen LogP contribution in [-0.2, 0) is 11.2 Å². The maximum Gasteiger partial charge on any atom is 0.337 e. The number of carboxylic acids is 2. The van der Waals surface area contributed by atoms with Crippen molar-refractivity contribution in [2.75, 3.05) is 5.32 Å². The Labute approximate surface area is 134 Å². The Kier molecular flexibility index (Phi) is 4.64. The third kappa shape index (κ3) is 3.77. The first-order chi connectivity index (χ1) is 11.3. The zero-order valence-corrected chi connectivity index (χ0v) is 12.1. The number of carbonyl (C=O) groups is 3. The number of hydrogen-bond donors (Lipinski definition) is 5. The second kappa shape index (κ2) is 6.65. The van der Waals surface area contributed by atoms with Crippen molar-refractivity contribution >= 4 is 23.5 Å². The molecule has 1 aromatic carbocycles. The lowest BCUT2D eigenvalue weighted by Crippen LogP contribution is -2.14. The normalized spacial score (nSPS) is 10.2. The minimum atomic E-state index is -1.25. The Morgan fingerprint density at radius 2 is 1.75 bits per heavy atom. The van der Waals surface area contributed by atoms with Crippen molar-refractivity contribution in [1.82, 2.24) is 4.98 Å². The molecule has 0 saturated heterocycles. The van der Waals surface area contributed by atoms with Gasteiger partial charge in [0.05, 0.1) is 29.4 Å². The second-order valence-corrected chi connectivity index (χ2v) is 4.79. The number of carbonyl (C=O) groups excluding carboxylic acids is 1. The molecule has 0 unspecified atom stereocenters. The van der Waals surface area contributed by atoms with Crippen LogP contribution in [0, 0.1) is 0 Å². The average Bonchev–Trinajstić information content (AvgIpc) is 2.50. The molecule has 1 amide bonds. The van der Waals surface area contributed by atoms with Crippen LogP contribution < -0.4 is 5.32 Å². The van der Waals surface area contributed by atoms with Crippen LogP contribution in [0.3, 0.4) is 0 Å². The van der Waals surface area contributed by atoms with E-state index in [2.05, 4.69) is 10.3 Å². The highest BCUT2D eigenvalue weighted by atomic mass is 16.4. The first-order valence-corrected chi connectivity index (χ1v) is 6.54. The number of anilines is 1. The van der Waals surface area contributed by atoms with E-state index in [0.717, 1.165) is 24.4 Å². The fourth-order valence-electron chi connectivity index (χ4n) is 1.97. The lowest BCUT2D eigenvalue weighted by molar-refractivity contribution is -0.136. The summed E-state index contributed by atoms with van der Waals surface area (Å²) in [4.78, 5) is 37.5. The number of hydrogen-bond acceptors (Lipinski definition) is 6. The summed E-state index contributed by atoms with van der Waals surface area (Å²) in [5.74, 6) is -4.33. The van der Waals surface area contributed by atoms with E-state index in [-0.39, 0.29) is 22.4 Å². The minimum Gasteiger partial charge on any atom is -0.508 e. The molecule has 2 rings (SSSR count). The Balaban J connectivity index is 2.33. The molecule has 5 N–H and O–H groups in total. The van der Waals surface area contributed by atoms with Gasteiger partial charge in [0, 0.05) is 11.8 Å². The van der Waals surface area contributed by atoms with Gasteiger partial charge in [-0.15, -0.1) is 0 Å². The number of aromatic hydroxyl groups is 2. The van der Waals surface area contributed by atoms with E-state index in [1.165, 1.54) is 6.20 Å². The zero-order chi connectivity index (χ0) is 17.9. The maximum atomic E-state index is 12.2. The van der Waals surface area contributed by atoms with Crippen LogP contribution in [-0.4, -0.2) is 43.3 Å². The molecule has 2 aromatic rings. The molecule has 9 nitrogen and oxygen atoms in total. The number of aliphatic carboxylic acids is 1. The monoisotopic (exact) mass is 332 g/mol. The smallest absolute Gasteiger partial charge is 0.337 e. The summed E-state index contributed by atoms with van der Waals surface area (Å²) < 4.78 is 0. The van der Waals surface area contributed by atoms with Crippen molar-refractivity contribution in [1.29, 1.82) is 0 Å². The zero-order valence-electron chi connectivity index (χ0n) is 12.1. The molecule has 0 atom stereocenters. The predicted molar refractivity (Wildman–Crippen MR) is 80.3 cm³/mol. The molecule has 0 aliphatic carbocycles. The SMILES string of the molecule is O=C(O)Cc1cc(O)cc(C(=O)Nc2cncc(C(=O)O)c2)c1O. The van der Waals surface area contributed by atoms with Gasteiger partial charge in [-0.05, 0) is 18.2 Å². The highest BCUT2D eigenvalue weighted by Crippen LogP contribution is 2.29. The van der Waals surface area contributed by atoms with Gasteiger partial charge in [0.1, 0.15) is 11.5 Å². The molecule has 24 heavy (non-hydrogen) atoms. The van der Waals surface area contributed by atoms with Crippen LogP contribution >= 0.6 is 0 Å². The average molecular weight is 332 g/mol. The van der Waals surface area contributed by atoms with Crippen LogP contribution in [0.25, 0.3) is 0 Å². The summed E-state index contributed by atoms with van der Waals surface area (Å²) in [6.45, 7) is 0. The third-order valence-corrected chi connectivity index (χ3v) is 3.00. The number of benzene rings is 1. The summed E-state index contributed by atoms with van der Waals surface area (Å²) in [6, 6.07) is 3.16. The van der Waals surface area contributed by atoms with E-state index in [9.17, 15) is 24.6 Å². The number of pyridine rings is 1. The second-order valence-electron chi connectivity index (χ2n) is 4.79. The lowest BCUT2D eigenvalue weighted by atomic mass is 10.0. The Morgan fingerprint density at radius 1 is 1.04 bits per heavy atom. The van der Waals surface area contributed by atoms with Gasteiger partial charge in [0.25, 0.3) is 5.91 Å². The van der Waals surface area contributed by atoms with Gasteiger partial charge in [-0.3, -0.25) is 14.6 Å². The number of phenolic OH excluding ortho intramolecular Hbond substituents is 2. The number of rotatable bonds is 5. The number of aromatic carboxylic acids is 1. The van der Waals surface area contributed by atoms with Gasteiger partial charge in [-0.2, -0.15) is 0 Å². The summed E-state index contributed by atoms with van der Waals surface area (Å²) >= 11 is 0. The maximum absolute atomic E-state index is 12.2. The van der Waals surface area contributed by atoms with Crippen molar-refractivity contribution in [2.24, 2.45) is 0 Å². The van der Waals surface area contributed by atoms with Gasteiger partial charge in [0.15, 0.2) is 0 Å². The van der Waals surface area contributed by atoms with E-state index in [1.807, 2.05) is 0 Å². The molecule has 0 aliphatic rings. The predicted octanol–water partition coefficient (Wildman–Crippen LogP) is 1.07. The van der Waals surface area contributed by atoms with Crippen molar-refractivity contribution in [2.45, 2.75) is 6.42 Å². The quantitative estimate of drug-likeness (QED) is 0.509. The summed E-state index contributed by atoms with van der Waals surface area (Å²) in [7, 11) is 0. The summed E-state index contributed by atoms with van der Waals surface area (Å²) in [5.41, 5.74) is -0.584. The first kappa shape index (κ1) is 16.7. The van der Waals surface area contributed by atoms with E-state index < -0.39 is 35.8 Å². The van der Waals surface area contributed by atoms with Gasteiger partial charge in [-0.1, -0.05) is 0 Å². The van der Waals surface area contributed by atoms with Gasteiger partial charge >= 0.3 is 11.9 Å². The molecule has 9 heteroatoms. The molecule has 1 heterocycles. The van der Waals surface area contributed by atoms with Crippen molar-refractivity contribution in [3.63, 3.8) is 0 Å². The standard InChI is InChI=1S/C15H12N2O7/c18-10-2-7(3-12(19)20)13(21)11(4-10)14(22)17-9-1-8(15(23)24)5-16-6-9/h1-2,4-6,18,21H,3H2,(H,17,22)(H,19,20)(H,23,24). The Morgan fingerprint density at radius 3 is 2.38 bits per heavy atom. The molecule has 0 fully saturated rings. The van der Waals surface area contributed by atoms with Crippen molar-refractivity contribution in [3.05, 3.63) is 47.3 Å². The number of nitrogens with zero attached hydrogens (tertiary/aromatic N) is 1. The van der Waals surface area contributed by atoms with E-state index in [4.69, 9.17) is 10.2 Å². The molecular formula is C15H12N2O7. The number of carboxylic acid groups (broad SMARTS) is 2. The van der Waals surface area contributed by atoms with E-state index >= 15 is 0 Å². The molecule has 0 aliphatic heterocycles. The molecular weight excluding hydrogens is 320 g/mol. The van der Waals surface area contributed by atoms with Crippen LogP contribution in [0.4, 0.5) is 5.69 Å². The van der Waals surface area contributed by atoms with Crippen molar-refractivity contribution < 1.29 is 34.8 Å². The first-order valence-electron chi connectivity index (χ1n) is 6.54. The molecule has 1 aromatic heterocycles. The molecule has 0 saturated carbocycles. The highest BCUT2D eigenvalue weighted by molar-refractivity contribution is 6.07. The van der Waals surface area contributed by atoms with Crippen molar-refractivity contribution in [3.8, 4) is 11.5 Å². The van der Waals surface area contributed by atoms with Gasteiger partial charge in [-0.25, -0.2) is 4.79 Å². The molecule has 124 valence electrons. The van der Waals surface area contributed by atoms with Crippen LogP contribution in [0.5, 0.6) is 11.5 Å². The van der Waals surface area contributed by atoms with Gasteiger partial charge < -0.3 is 25.7 Å². The van der Waals surface area contributed by atoms with E-state index in [0.29, 0.717) is 0 Å². The number of phenols is 2. The summed E-state index contributed by atoms with van der Waals surface area (Å²) in [6.07, 6.45) is 1.70. The van der Waals surface area contributed by atoms with E-state index in [1.54, 1.807) is 0 Å². The van der Waals surface area contributed by atoms with Gasteiger partial charge in [0.2, 0.25) is 0 Å². The number of amides is 1. The highest BCUT2D eigenvalue weighted by Gasteiger charge is 2.18. The molecule has 0 radical (unpaired) electrons. The van der Waals surface area contributed by atoms with Crippen LogP contribution in [0.2, 0.25) is 0 Å². The fraction of sp³-hybridized carbons (Fsp3) is 0.0667. The third-order valence-electron chi connectivity index (χ3n) is 3.00. The molecule has 0 bridgehead atoms. The molecule has 0 spiro atoms.